The van der Waals surface area contributed by atoms with Crippen LogP contribution >= 0.6 is 0 Å². The molecule has 5 aromatic rings. The van der Waals surface area contributed by atoms with E-state index in [1.807, 2.05) is 25.3 Å². The Kier molecular flexibility index (Phi) is 14.1. The summed E-state index contributed by atoms with van der Waals surface area (Å²) >= 11 is 0. The number of nitrogens with one attached hydrogen (secondary N) is 3. The highest BCUT2D eigenvalue weighted by atomic mass is 19.1. The van der Waals surface area contributed by atoms with E-state index in [9.17, 15) is 0 Å². The number of H-pyrrole nitrogens is 1. The Balaban J connectivity index is 0.912. The molecule has 0 aliphatic carbocycles. The summed E-state index contributed by atoms with van der Waals surface area (Å²) in [7, 11) is 0. The first-order valence-electron chi connectivity index (χ1n) is 22.0. The zero-order chi connectivity index (χ0) is 42.9. The van der Waals surface area contributed by atoms with Gasteiger partial charge in [-0.3, -0.25) is 15.1 Å². The Hall–Kier alpha value is -5.61. The molecular formula is C51H64FN9. The second kappa shape index (κ2) is 19.8. The van der Waals surface area contributed by atoms with Gasteiger partial charge in [-0.1, -0.05) is 64.3 Å². The molecule has 3 N–H and O–H groups in total. The lowest BCUT2D eigenvalue weighted by molar-refractivity contribution is 0.170. The fourth-order valence-electron chi connectivity index (χ4n) is 8.71. The molecule has 9 nitrogen and oxygen atoms in total. The molecule has 61 heavy (non-hydrogen) atoms. The minimum atomic E-state index is -0.277. The van der Waals surface area contributed by atoms with Crippen molar-refractivity contribution in [2.24, 2.45) is 21.3 Å². The van der Waals surface area contributed by atoms with Crippen molar-refractivity contribution in [3.8, 4) is 22.4 Å². The molecule has 2 fully saturated rings. The van der Waals surface area contributed by atoms with Crippen LogP contribution < -0.4 is 15.5 Å². The van der Waals surface area contributed by atoms with Gasteiger partial charge in [0.05, 0.1) is 6.54 Å². The summed E-state index contributed by atoms with van der Waals surface area (Å²) in [5.74, 6) is 1.04. The van der Waals surface area contributed by atoms with Crippen LogP contribution in [0, 0.1) is 24.1 Å². The third-order valence-corrected chi connectivity index (χ3v) is 12.3. The lowest BCUT2D eigenvalue weighted by Crippen LogP contribution is -2.41. The van der Waals surface area contributed by atoms with E-state index < -0.39 is 0 Å². The van der Waals surface area contributed by atoms with Crippen molar-refractivity contribution in [1.82, 2.24) is 25.4 Å². The monoisotopic (exact) mass is 822 g/mol. The fraction of sp³-hybridized carbons (Fsp3) is 0.412. The van der Waals surface area contributed by atoms with Crippen LogP contribution in [-0.2, 0) is 6.42 Å². The number of benzene rings is 3. The van der Waals surface area contributed by atoms with E-state index in [1.54, 1.807) is 6.20 Å². The quantitative estimate of drug-likeness (QED) is 0.0639. The molecule has 0 amide bonds. The van der Waals surface area contributed by atoms with E-state index >= 15 is 4.39 Å². The number of likely N-dealkylation sites (tertiary alicyclic amines) is 1. The normalized spacial score (nSPS) is 15.9. The highest BCUT2D eigenvalue weighted by Crippen LogP contribution is 2.35. The third kappa shape index (κ3) is 11.2. The molecule has 0 spiro atoms. The molecule has 0 radical (unpaired) electrons. The largest absolute Gasteiger partial charge is 0.391 e. The number of hydrogen-bond donors (Lipinski definition) is 3. The number of aliphatic imine (C=N–C) groups is 2. The first-order chi connectivity index (χ1) is 29.5. The molecule has 2 aliphatic heterocycles. The lowest BCUT2D eigenvalue weighted by atomic mass is 9.87. The zero-order valence-corrected chi connectivity index (χ0v) is 36.7. The molecule has 0 atom stereocenters. The van der Waals surface area contributed by atoms with Crippen LogP contribution in [0.2, 0.25) is 0 Å². The van der Waals surface area contributed by atoms with Gasteiger partial charge in [0.2, 0.25) is 0 Å². The van der Waals surface area contributed by atoms with Gasteiger partial charge in [-0.2, -0.15) is 5.10 Å². The van der Waals surface area contributed by atoms with Crippen molar-refractivity contribution in [3.05, 3.63) is 120 Å². The fourth-order valence-corrected chi connectivity index (χ4v) is 8.71. The van der Waals surface area contributed by atoms with Gasteiger partial charge in [0.25, 0.3) is 0 Å². The van der Waals surface area contributed by atoms with Crippen LogP contribution in [0.1, 0.15) is 75.5 Å². The molecule has 3 aromatic carbocycles. The van der Waals surface area contributed by atoms with Gasteiger partial charge >= 0.3 is 0 Å². The van der Waals surface area contributed by atoms with Crippen LogP contribution in [0.5, 0.6) is 0 Å². The Morgan fingerprint density at radius 1 is 0.967 bits per heavy atom. The molecule has 2 saturated heterocycles. The summed E-state index contributed by atoms with van der Waals surface area (Å²) in [5, 5.41) is 14.9. The molecule has 320 valence electrons. The van der Waals surface area contributed by atoms with Crippen molar-refractivity contribution in [2.75, 3.05) is 62.6 Å². The number of aromatic nitrogens is 3. The molecular weight excluding hydrogens is 758 g/mol. The van der Waals surface area contributed by atoms with Crippen LogP contribution in [0.25, 0.3) is 33.4 Å². The van der Waals surface area contributed by atoms with Crippen molar-refractivity contribution in [2.45, 2.75) is 72.1 Å². The number of rotatable bonds is 17. The van der Waals surface area contributed by atoms with E-state index in [0.717, 1.165) is 84.2 Å². The minimum Gasteiger partial charge on any atom is -0.391 e. The molecule has 0 saturated carbocycles. The number of anilines is 2. The third-order valence-electron chi connectivity index (χ3n) is 12.3. The number of fused-ring (bicyclic) bond motifs is 1. The van der Waals surface area contributed by atoms with Crippen LogP contribution in [-0.4, -0.2) is 84.9 Å². The van der Waals surface area contributed by atoms with Gasteiger partial charge in [-0.15, -0.1) is 0 Å². The van der Waals surface area contributed by atoms with Gasteiger partial charge in [0, 0.05) is 91.1 Å². The average Bonchev–Trinajstić information content (AvgIpc) is 3.68. The Morgan fingerprint density at radius 3 is 2.39 bits per heavy atom. The van der Waals surface area contributed by atoms with E-state index in [0.29, 0.717) is 47.9 Å². The van der Waals surface area contributed by atoms with Crippen molar-refractivity contribution < 1.29 is 4.39 Å². The molecule has 7 rings (SSSR count). The molecule has 4 heterocycles. The molecule has 10 heteroatoms. The standard InChI is InChI=1S/C51H64FN9/c1-8-54-24-19-35(2)57-43-14-16-45(17-15-43)61-27-20-37(21-28-61)33-60-25-22-40(23-26-60)38-9-11-39(12-10-38)42-30-47-49(58-59-50(47)55-31-42)46-18-13-41(36(3)48(46)52)29-44(32-53-7)56-34-51(4,5)6/h8-18,30-31,37,40,54,57H,1-2,7,19-29,32-34H2,3-6H3,(H,55,58,59)/b56-44-. The number of halogens is 1. The van der Waals surface area contributed by atoms with Gasteiger partial charge < -0.3 is 20.4 Å². The number of hydrogen-bond acceptors (Lipinski definition) is 8. The van der Waals surface area contributed by atoms with E-state index in [1.165, 1.54) is 43.5 Å². The minimum absolute atomic E-state index is 0.0554. The SMILES string of the molecule is C=CNCCC(=C)Nc1ccc(N2CCC(CN3CCC(c4ccc(-c5cnc6[nH]nc(-c7ccc(C/C(CN=C)=N/CC(C)(C)C)c(C)c7F)c6c5)cc4)CC3)CC2)cc1. The number of nitrogens with zero attached hydrogens (tertiary/aromatic N) is 6. The molecule has 2 aromatic heterocycles. The Bertz CT molecular complexity index is 2300. The van der Waals surface area contributed by atoms with Gasteiger partial charge in [-0.05, 0) is 135 Å². The van der Waals surface area contributed by atoms with Gasteiger partial charge in [0.15, 0.2) is 5.65 Å². The van der Waals surface area contributed by atoms with E-state index in [-0.39, 0.29) is 11.2 Å². The summed E-state index contributed by atoms with van der Waals surface area (Å²) < 4.78 is 16.1. The molecule has 0 bridgehead atoms. The summed E-state index contributed by atoms with van der Waals surface area (Å²) in [5.41, 5.74) is 11.0. The highest BCUT2D eigenvalue weighted by Gasteiger charge is 2.26. The first kappa shape index (κ1) is 43.5. The second-order valence-corrected chi connectivity index (χ2v) is 18.2. The molecule has 0 unspecified atom stereocenters. The lowest BCUT2D eigenvalue weighted by Gasteiger charge is -2.38. The van der Waals surface area contributed by atoms with Crippen molar-refractivity contribution in [1.29, 1.82) is 0 Å². The Labute approximate surface area is 362 Å². The van der Waals surface area contributed by atoms with E-state index in [4.69, 9.17) is 9.98 Å². The van der Waals surface area contributed by atoms with Gasteiger partial charge in [-0.25, -0.2) is 9.37 Å². The number of aromatic amines is 1. The summed E-state index contributed by atoms with van der Waals surface area (Å²) in [4.78, 5) is 18.8. The zero-order valence-electron chi connectivity index (χ0n) is 36.7. The number of piperidine rings is 2. The maximum absolute atomic E-state index is 16.1. The topological polar surface area (TPSA) is 96.8 Å². The van der Waals surface area contributed by atoms with Crippen molar-refractivity contribution in [3.63, 3.8) is 0 Å². The summed E-state index contributed by atoms with van der Waals surface area (Å²) in [6.45, 7) is 27.4. The summed E-state index contributed by atoms with van der Waals surface area (Å²) in [6, 6.07) is 23.7. The first-order valence-corrected chi connectivity index (χ1v) is 22.0. The van der Waals surface area contributed by atoms with Crippen LogP contribution in [0.15, 0.2) is 108 Å². The maximum Gasteiger partial charge on any atom is 0.155 e. The molecule has 2 aliphatic rings. The predicted molar refractivity (Wildman–Crippen MR) is 255 cm³/mol. The van der Waals surface area contributed by atoms with Gasteiger partial charge in [0.1, 0.15) is 11.5 Å². The van der Waals surface area contributed by atoms with Crippen molar-refractivity contribution >= 4 is 34.8 Å². The average molecular weight is 822 g/mol. The predicted octanol–water partition coefficient (Wildman–Crippen LogP) is 10.6. The van der Waals surface area contributed by atoms with Crippen LogP contribution in [0.4, 0.5) is 15.8 Å². The maximum atomic E-state index is 16.1. The Morgan fingerprint density at radius 2 is 1.70 bits per heavy atom. The second-order valence-electron chi connectivity index (χ2n) is 18.2. The van der Waals surface area contributed by atoms with E-state index in [2.05, 4.69) is 131 Å². The number of pyridine rings is 1. The smallest absolute Gasteiger partial charge is 0.155 e. The summed E-state index contributed by atoms with van der Waals surface area (Å²) in [6.07, 6.45) is 9.81. The highest BCUT2D eigenvalue weighted by molar-refractivity contribution is 5.94. The van der Waals surface area contributed by atoms with Crippen LogP contribution in [0.3, 0.4) is 0 Å².